The standard InChI is InChI=1S/C59H90O27/c1-10-24(2)49(76)86-47-46(73)59(23-62)27(17-54(47,4)5)26-11-12-32-55(6)15-14-33(56(7,22-61)31(55)13-16-57(32,8)58(26,9)18-34(59)79-25(3)63)81-53-45(85-51-40(71)38(69)37(68)30(19-60)80-51)42(41(72)43(83-53)48(74)75)82-52-44(36(67)29(65)21-78-52)84-50-39(70)35(66)28(64)20-77-50/h10-11,22,27-47,50-53,60,62,64-73H,12-21,23H2,1-9H3,(H,74,75)/b24-10-/t27-,28+,29+,30-,31-,32-,33-,34+,35+,36+,37-,38-,39-,40+,41-,42+,43+,44-,45-,46-,47-,50-,51+,52-,53-,55+,56+,57-,58-,59+/m1/s1. The van der Waals surface area contributed by atoms with Crippen LogP contribution in [0.5, 0.6) is 0 Å². The largest absolute Gasteiger partial charge is 0.479 e. The maximum atomic E-state index is 14.2. The lowest BCUT2D eigenvalue weighted by Crippen LogP contribution is -2.72. The molecule has 0 aromatic heterocycles. The molecule has 86 heavy (non-hydrogen) atoms. The van der Waals surface area contributed by atoms with Crippen molar-refractivity contribution in [2.45, 2.75) is 242 Å². The van der Waals surface area contributed by atoms with Crippen LogP contribution in [0.25, 0.3) is 0 Å². The molecule has 8 fully saturated rings. The lowest BCUT2D eigenvalue weighted by Gasteiger charge is -2.72. The van der Waals surface area contributed by atoms with E-state index in [1.807, 2.05) is 13.8 Å². The molecule has 0 aromatic rings. The summed E-state index contributed by atoms with van der Waals surface area (Å²) in [7, 11) is 0. The summed E-state index contributed by atoms with van der Waals surface area (Å²) in [5.74, 6) is -4.20. The number of carbonyl (C=O) groups is 4. The van der Waals surface area contributed by atoms with Gasteiger partial charge in [-0.05, 0) is 92.8 Å². The highest BCUT2D eigenvalue weighted by Crippen LogP contribution is 2.76. The van der Waals surface area contributed by atoms with E-state index in [-0.39, 0.29) is 18.8 Å². The van der Waals surface area contributed by atoms with Gasteiger partial charge in [-0.1, -0.05) is 59.3 Å². The monoisotopic (exact) mass is 1230 g/mol. The third-order valence-electron chi connectivity index (χ3n) is 22.2. The number of aliphatic hydroxyl groups is 12. The third kappa shape index (κ3) is 10.9. The zero-order valence-electron chi connectivity index (χ0n) is 50.0. The molecule has 4 heterocycles. The molecule has 0 amide bonds. The van der Waals surface area contributed by atoms with Crippen molar-refractivity contribution < 1.29 is 133 Å². The van der Waals surface area contributed by atoms with E-state index in [0.717, 1.165) is 11.9 Å². The molecular formula is C59H90O27. The third-order valence-corrected chi connectivity index (χ3v) is 22.2. The molecule has 9 rings (SSSR count). The zero-order valence-corrected chi connectivity index (χ0v) is 50.0. The summed E-state index contributed by atoms with van der Waals surface area (Å²) in [4.78, 5) is 53.9. The van der Waals surface area contributed by atoms with Crippen LogP contribution >= 0.6 is 0 Å². The predicted octanol–water partition coefficient (Wildman–Crippen LogP) is -2.01. The highest BCUT2D eigenvalue weighted by Gasteiger charge is 2.74. The maximum Gasteiger partial charge on any atom is 0.335 e. The molecule has 0 bridgehead atoms. The number of ether oxygens (including phenoxy) is 10. The fourth-order valence-corrected chi connectivity index (χ4v) is 17.0. The number of aliphatic carboxylic acids is 1. The Morgan fingerprint density at radius 2 is 1.29 bits per heavy atom. The van der Waals surface area contributed by atoms with Crippen molar-refractivity contribution in [3.8, 4) is 0 Å². The number of fused-ring (bicyclic) bond motifs is 7. The van der Waals surface area contributed by atoms with Crippen molar-refractivity contribution in [2.75, 3.05) is 26.4 Å². The Hall–Kier alpha value is -3.24. The average Bonchev–Trinajstić information content (AvgIpc) is 0.671. The number of carboxylic acid groups (broad SMARTS) is 1. The van der Waals surface area contributed by atoms with Gasteiger partial charge in [0.05, 0.1) is 43.4 Å². The summed E-state index contributed by atoms with van der Waals surface area (Å²) in [6.07, 6.45) is -32.4. The van der Waals surface area contributed by atoms with Crippen LogP contribution in [0.15, 0.2) is 23.3 Å². The van der Waals surface area contributed by atoms with Crippen LogP contribution in [0.4, 0.5) is 0 Å². The fraction of sp³-hybridized carbons (Fsp3) is 0.864. The molecule has 5 aliphatic carbocycles. The highest BCUT2D eigenvalue weighted by molar-refractivity contribution is 5.87. The normalized spacial score (nSPS) is 51.1. The van der Waals surface area contributed by atoms with Crippen LogP contribution in [0.2, 0.25) is 0 Å². The van der Waals surface area contributed by atoms with E-state index in [4.69, 9.17) is 47.4 Å². The first-order valence-electron chi connectivity index (χ1n) is 29.9. The van der Waals surface area contributed by atoms with E-state index in [0.29, 0.717) is 37.7 Å². The molecule has 30 atom stereocenters. The van der Waals surface area contributed by atoms with Crippen molar-refractivity contribution in [1.29, 1.82) is 0 Å². The Kier molecular flexibility index (Phi) is 19.3. The first kappa shape index (κ1) is 67.2. The minimum Gasteiger partial charge on any atom is -0.479 e. The minimum absolute atomic E-state index is 0.107. The van der Waals surface area contributed by atoms with Gasteiger partial charge in [-0.3, -0.25) is 4.79 Å². The van der Waals surface area contributed by atoms with Gasteiger partial charge in [-0.25, -0.2) is 9.59 Å². The second-order valence-electron chi connectivity index (χ2n) is 27.3. The molecule has 0 unspecified atom stereocenters. The van der Waals surface area contributed by atoms with Gasteiger partial charge in [0.1, 0.15) is 104 Å². The number of aliphatic hydroxyl groups excluding tert-OH is 12. The van der Waals surface area contributed by atoms with Crippen LogP contribution in [0, 0.1) is 50.2 Å². The van der Waals surface area contributed by atoms with E-state index in [1.165, 1.54) is 6.92 Å². The summed E-state index contributed by atoms with van der Waals surface area (Å²) in [5.41, 5.74) is -4.44. The van der Waals surface area contributed by atoms with Gasteiger partial charge >= 0.3 is 17.9 Å². The molecule has 0 spiro atoms. The molecule has 4 aliphatic heterocycles. The highest BCUT2D eigenvalue weighted by atomic mass is 16.8. The molecule has 4 saturated heterocycles. The van der Waals surface area contributed by atoms with Gasteiger partial charge in [-0.15, -0.1) is 0 Å². The lowest BCUT2D eigenvalue weighted by atomic mass is 9.33. The fourth-order valence-electron chi connectivity index (χ4n) is 17.0. The summed E-state index contributed by atoms with van der Waals surface area (Å²) in [6.45, 7) is 13.9. The summed E-state index contributed by atoms with van der Waals surface area (Å²) in [5, 5.41) is 143. The first-order chi connectivity index (χ1) is 40.3. The Balaban J connectivity index is 1.06. The molecule has 488 valence electrons. The number of allylic oxidation sites excluding steroid dienone is 3. The SMILES string of the molecule is C/C=C(/C)C(=O)O[C@@H]1[C@@H](O)[C@]2(CO)[C@@H](OC(C)=O)C[C@]3(C)C(=CC[C@@H]4[C@@]5(C)CC[C@@H](O[C@@H]6O[C@H](C(=O)O)[C@H](O)[C@H](O[C@H]7OC[C@H](O)[C@H](O)[C@H]7O[C@H]7OC[C@H](O)[C@H](O)[C@H]7O)[C@H]6O[C@@H]6O[C@H](CO)[C@@H](O)[C@@H](O)[C@@H]6O)[C@@](C)(C=O)[C@@H]5CC[C@]43C)[C@H]2CC1(C)C. The second-order valence-corrected chi connectivity index (χ2v) is 27.3. The summed E-state index contributed by atoms with van der Waals surface area (Å²) < 4.78 is 60.5. The quantitative estimate of drug-likeness (QED) is 0.0277. The number of rotatable bonds is 15. The first-order valence-corrected chi connectivity index (χ1v) is 29.9. The molecular weight excluding hydrogens is 1140 g/mol. The van der Waals surface area contributed by atoms with Crippen molar-refractivity contribution in [3.63, 3.8) is 0 Å². The Bertz CT molecular complexity index is 2550. The zero-order chi connectivity index (χ0) is 63.3. The average molecular weight is 1230 g/mol. The predicted molar refractivity (Wildman–Crippen MR) is 289 cm³/mol. The van der Waals surface area contributed by atoms with Gasteiger partial charge in [0.2, 0.25) is 0 Å². The number of carboxylic acids is 1. The van der Waals surface area contributed by atoms with E-state index in [2.05, 4.69) is 26.8 Å². The van der Waals surface area contributed by atoms with Crippen molar-refractivity contribution in [3.05, 3.63) is 23.3 Å². The summed E-state index contributed by atoms with van der Waals surface area (Å²) in [6, 6.07) is 0. The van der Waals surface area contributed by atoms with Gasteiger partial charge < -0.3 is 119 Å². The number of carbonyl (C=O) groups excluding carboxylic acids is 3. The Morgan fingerprint density at radius 3 is 1.91 bits per heavy atom. The van der Waals surface area contributed by atoms with Gasteiger partial charge in [0.15, 0.2) is 31.3 Å². The Morgan fingerprint density at radius 1 is 0.663 bits per heavy atom. The van der Waals surface area contributed by atoms with Gasteiger partial charge in [0.25, 0.3) is 0 Å². The molecule has 0 radical (unpaired) electrons. The van der Waals surface area contributed by atoms with Crippen LogP contribution in [0.1, 0.15) is 107 Å². The molecule has 27 nitrogen and oxygen atoms in total. The van der Waals surface area contributed by atoms with E-state index in [1.54, 1.807) is 26.8 Å². The summed E-state index contributed by atoms with van der Waals surface area (Å²) >= 11 is 0. The molecule has 4 saturated carbocycles. The Labute approximate surface area is 498 Å². The second kappa shape index (κ2) is 24.8. The van der Waals surface area contributed by atoms with Crippen LogP contribution in [0.3, 0.4) is 0 Å². The van der Waals surface area contributed by atoms with Crippen LogP contribution in [-0.2, 0) is 66.5 Å². The number of hydrogen-bond donors (Lipinski definition) is 13. The van der Waals surface area contributed by atoms with E-state index < -0.39 is 224 Å². The molecule has 9 aliphatic rings. The van der Waals surface area contributed by atoms with Crippen molar-refractivity contribution >= 4 is 24.2 Å². The number of esters is 2. The van der Waals surface area contributed by atoms with Crippen molar-refractivity contribution in [1.82, 2.24) is 0 Å². The van der Waals surface area contributed by atoms with E-state index in [9.17, 15) is 85.6 Å². The number of aldehydes is 1. The van der Waals surface area contributed by atoms with Crippen LogP contribution in [-0.4, -0.2) is 252 Å². The molecule has 27 heteroatoms. The molecule has 13 N–H and O–H groups in total. The van der Waals surface area contributed by atoms with Crippen LogP contribution < -0.4 is 0 Å². The lowest BCUT2D eigenvalue weighted by molar-refractivity contribution is -0.398. The minimum atomic E-state index is -2.28. The van der Waals surface area contributed by atoms with Gasteiger partial charge in [0, 0.05) is 17.9 Å². The molecule has 0 aromatic carbocycles. The number of hydrogen-bond acceptors (Lipinski definition) is 26. The maximum absolute atomic E-state index is 14.2. The van der Waals surface area contributed by atoms with Crippen molar-refractivity contribution in [2.24, 2.45) is 50.2 Å². The van der Waals surface area contributed by atoms with E-state index >= 15 is 0 Å². The smallest absolute Gasteiger partial charge is 0.335 e. The topological polar surface area (TPSA) is 424 Å². The van der Waals surface area contributed by atoms with Gasteiger partial charge in [-0.2, -0.15) is 0 Å².